The lowest BCUT2D eigenvalue weighted by Crippen LogP contribution is -2.47. The maximum atomic E-state index is 12.2. The molecule has 0 aromatic rings. The first-order chi connectivity index (χ1) is 8.92. The molecule has 0 aromatic heterocycles. The topological polar surface area (TPSA) is 69.7 Å². The van der Waals surface area contributed by atoms with Gasteiger partial charge in [0.05, 0.1) is 11.7 Å². The van der Waals surface area contributed by atoms with Crippen molar-refractivity contribution in [2.75, 3.05) is 46.0 Å². The van der Waals surface area contributed by atoms with Gasteiger partial charge in [-0.25, -0.2) is 12.7 Å². The van der Waals surface area contributed by atoms with Crippen molar-refractivity contribution in [3.8, 4) is 0 Å². The van der Waals surface area contributed by atoms with E-state index in [9.17, 15) is 13.2 Å². The molecule has 1 amide bonds. The van der Waals surface area contributed by atoms with Crippen LogP contribution in [-0.4, -0.2) is 69.6 Å². The highest BCUT2D eigenvalue weighted by Crippen LogP contribution is 2.21. The lowest BCUT2D eigenvalue weighted by atomic mass is 9.98. The Kier molecular flexibility index (Phi) is 8.65. The van der Waals surface area contributed by atoms with E-state index in [1.807, 2.05) is 7.05 Å². The highest BCUT2D eigenvalue weighted by molar-refractivity contribution is 7.89. The molecule has 1 fully saturated rings. The average Bonchev–Trinajstić information content (AvgIpc) is 2.44. The highest BCUT2D eigenvalue weighted by Gasteiger charge is 2.32. The van der Waals surface area contributed by atoms with E-state index in [2.05, 4.69) is 5.32 Å². The van der Waals surface area contributed by atoms with Crippen LogP contribution in [0.5, 0.6) is 0 Å². The van der Waals surface area contributed by atoms with Crippen LogP contribution in [0.3, 0.4) is 0 Å². The molecule has 8 heteroatoms. The van der Waals surface area contributed by atoms with Crippen LogP contribution >= 0.6 is 12.4 Å². The zero-order valence-electron chi connectivity index (χ0n) is 12.5. The largest absolute Gasteiger partial charge is 0.344 e. The number of sulfonamides is 1. The summed E-state index contributed by atoms with van der Waals surface area (Å²) in [5.41, 5.74) is 0. The predicted octanol–water partition coefficient (Wildman–Crippen LogP) is 0.148. The molecule has 1 aliphatic rings. The summed E-state index contributed by atoms with van der Waals surface area (Å²) in [6, 6.07) is 0. The number of amides is 1. The van der Waals surface area contributed by atoms with Crippen molar-refractivity contribution in [3.05, 3.63) is 0 Å². The zero-order chi connectivity index (χ0) is 14.5. The van der Waals surface area contributed by atoms with Gasteiger partial charge < -0.3 is 10.2 Å². The lowest BCUT2D eigenvalue weighted by Gasteiger charge is -2.33. The quantitative estimate of drug-likeness (QED) is 0.754. The molecule has 6 nitrogen and oxygen atoms in total. The van der Waals surface area contributed by atoms with Gasteiger partial charge in [-0.1, -0.05) is 0 Å². The summed E-state index contributed by atoms with van der Waals surface area (Å²) in [4.78, 5) is 13.9. The Bertz CT molecular complexity index is 403. The van der Waals surface area contributed by atoms with Crippen LogP contribution < -0.4 is 5.32 Å². The SMILES string of the molecule is CCS(=O)(=O)N1CCCC(C(=O)N(C)CCNC)C1.Cl. The maximum absolute atomic E-state index is 12.2. The molecule has 1 saturated heterocycles. The number of carbonyl (C=O) groups excluding carboxylic acids is 1. The second-order valence-corrected chi connectivity index (χ2v) is 7.22. The molecule has 0 spiro atoms. The average molecular weight is 328 g/mol. The Morgan fingerprint density at radius 3 is 2.65 bits per heavy atom. The molecular formula is C12H26ClN3O3S. The molecular weight excluding hydrogens is 302 g/mol. The maximum Gasteiger partial charge on any atom is 0.226 e. The first-order valence-electron chi connectivity index (χ1n) is 6.79. The molecule has 1 aliphatic heterocycles. The number of hydrogen-bond acceptors (Lipinski definition) is 4. The van der Waals surface area contributed by atoms with Gasteiger partial charge in [-0.05, 0) is 26.8 Å². The monoisotopic (exact) mass is 327 g/mol. The Hall–Kier alpha value is -0.370. The van der Waals surface area contributed by atoms with E-state index in [1.54, 1.807) is 18.9 Å². The highest BCUT2D eigenvalue weighted by atomic mass is 35.5. The summed E-state index contributed by atoms with van der Waals surface area (Å²) >= 11 is 0. The van der Waals surface area contributed by atoms with Crippen LogP contribution in [0.1, 0.15) is 19.8 Å². The Balaban J connectivity index is 0.00000361. The fourth-order valence-corrected chi connectivity index (χ4v) is 3.46. The van der Waals surface area contributed by atoms with E-state index in [4.69, 9.17) is 0 Å². The van der Waals surface area contributed by atoms with E-state index < -0.39 is 10.0 Å². The van der Waals surface area contributed by atoms with Crippen molar-refractivity contribution < 1.29 is 13.2 Å². The van der Waals surface area contributed by atoms with Gasteiger partial charge in [0.15, 0.2) is 0 Å². The van der Waals surface area contributed by atoms with Crippen LogP contribution in [0.25, 0.3) is 0 Å². The van der Waals surface area contributed by atoms with Crippen molar-refractivity contribution in [2.45, 2.75) is 19.8 Å². The molecule has 1 atom stereocenters. The summed E-state index contributed by atoms with van der Waals surface area (Å²) in [6.07, 6.45) is 1.54. The van der Waals surface area contributed by atoms with Crippen molar-refractivity contribution in [1.29, 1.82) is 0 Å². The van der Waals surface area contributed by atoms with Crippen LogP contribution in [0.4, 0.5) is 0 Å². The summed E-state index contributed by atoms with van der Waals surface area (Å²) < 4.78 is 25.2. The molecule has 1 N–H and O–H groups in total. The van der Waals surface area contributed by atoms with Gasteiger partial charge in [-0.2, -0.15) is 0 Å². The van der Waals surface area contributed by atoms with Gasteiger partial charge in [-0.15, -0.1) is 12.4 Å². The Morgan fingerprint density at radius 1 is 1.45 bits per heavy atom. The van der Waals surface area contributed by atoms with Gasteiger partial charge in [0.25, 0.3) is 0 Å². The minimum atomic E-state index is -3.18. The van der Waals surface area contributed by atoms with Crippen LogP contribution in [0.2, 0.25) is 0 Å². The van der Waals surface area contributed by atoms with E-state index in [-0.39, 0.29) is 30.0 Å². The van der Waals surface area contributed by atoms with E-state index in [0.29, 0.717) is 19.6 Å². The van der Waals surface area contributed by atoms with E-state index >= 15 is 0 Å². The van der Waals surface area contributed by atoms with Crippen LogP contribution in [0, 0.1) is 5.92 Å². The number of likely N-dealkylation sites (N-methyl/N-ethyl adjacent to an activating group) is 2. The Labute approximate surface area is 128 Å². The number of halogens is 1. The third-order valence-electron chi connectivity index (χ3n) is 3.56. The third kappa shape index (κ3) is 5.20. The second kappa shape index (κ2) is 8.81. The number of rotatable bonds is 6. The Morgan fingerprint density at radius 2 is 2.10 bits per heavy atom. The fraction of sp³-hybridized carbons (Fsp3) is 0.917. The smallest absolute Gasteiger partial charge is 0.226 e. The van der Waals surface area contributed by atoms with Crippen molar-refractivity contribution in [3.63, 3.8) is 0 Å². The molecule has 0 radical (unpaired) electrons. The standard InChI is InChI=1S/C12H25N3O3S.ClH/c1-4-19(17,18)15-8-5-6-11(10-15)12(16)14(3)9-7-13-2;/h11,13H,4-10H2,1-3H3;1H. The van der Waals surface area contributed by atoms with Gasteiger partial charge in [0.1, 0.15) is 0 Å². The first kappa shape index (κ1) is 19.6. The minimum Gasteiger partial charge on any atom is -0.344 e. The molecule has 120 valence electrons. The van der Waals surface area contributed by atoms with Crippen LogP contribution in [0.15, 0.2) is 0 Å². The summed E-state index contributed by atoms with van der Waals surface area (Å²) in [5, 5.41) is 3.00. The van der Waals surface area contributed by atoms with Gasteiger partial charge >= 0.3 is 0 Å². The molecule has 0 bridgehead atoms. The van der Waals surface area contributed by atoms with Crippen molar-refractivity contribution in [1.82, 2.24) is 14.5 Å². The molecule has 20 heavy (non-hydrogen) atoms. The zero-order valence-corrected chi connectivity index (χ0v) is 14.1. The molecule has 1 heterocycles. The van der Waals surface area contributed by atoms with Crippen molar-refractivity contribution >= 4 is 28.3 Å². The summed E-state index contributed by atoms with van der Waals surface area (Å²) in [7, 11) is 0.432. The minimum absolute atomic E-state index is 0. The third-order valence-corrected chi connectivity index (χ3v) is 5.41. The summed E-state index contributed by atoms with van der Waals surface area (Å²) in [6.45, 7) is 3.90. The molecule has 1 rings (SSSR count). The fourth-order valence-electron chi connectivity index (χ4n) is 2.28. The second-order valence-electron chi connectivity index (χ2n) is 4.96. The van der Waals surface area contributed by atoms with Gasteiger partial charge in [-0.3, -0.25) is 4.79 Å². The van der Waals surface area contributed by atoms with E-state index in [1.165, 1.54) is 4.31 Å². The van der Waals surface area contributed by atoms with Gasteiger partial charge in [0.2, 0.25) is 15.9 Å². The number of nitrogens with zero attached hydrogens (tertiary/aromatic N) is 2. The van der Waals surface area contributed by atoms with Crippen molar-refractivity contribution in [2.24, 2.45) is 5.92 Å². The number of piperidine rings is 1. The number of carbonyl (C=O) groups is 1. The summed E-state index contributed by atoms with van der Waals surface area (Å²) in [5.74, 6) is -0.0491. The van der Waals surface area contributed by atoms with Crippen LogP contribution in [-0.2, 0) is 14.8 Å². The number of nitrogens with one attached hydrogen (secondary N) is 1. The normalized spacial score (nSPS) is 20.2. The molecule has 0 aliphatic carbocycles. The molecule has 0 saturated carbocycles. The molecule has 0 aromatic carbocycles. The predicted molar refractivity (Wildman–Crippen MR) is 82.6 cm³/mol. The number of hydrogen-bond donors (Lipinski definition) is 1. The van der Waals surface area contributed by atoms with E-state index in [0.717, 1.165) is 19.4 Å². The molecule has 1 unspecified atom stereocenters. The first-order valence-corrected chi connectivity index (χ1v) is 8.40. The lowest BCUT2D eigenvalue weighted by molar-refractivity contribution is -0.135. The van der Waals surface area contributed by atoms with Gasteiger partial charge in [0, 0.05) is 33.2 Å².